The molecule has 0 radical (unpaired) electrons. The highest BCUT2D eigenvalue weighted by Crippen LogP contribution is 2.45. The topological polar surface area (TPSA) is 0 Å². The van der Waals surface area contributed by atoms with Crippen molar-refractivity contribution in [3.05, 3.63) is 35.9 Å². The van der Waals surface area contributed by atoms with E-state index in [1.165, 1.54) is 5.56 Å². The van der Waals surface area contributed by atoms with Crippen molar-refractivity contribution >= 4 is 49.8 Å². The maximum atomic E-state index is 3.71. The van der Waals surface area contributed by atoms with Crippen molar-refractivity contribution in [1.29, 1.82) is 0 Å². The maximum Gasteiger partial charge on any atom is 0.276 e. The molecule has 0 aliphatic heterocycles. The number of hydrogen-bond acceptors (Lipinski definition) is 0. The molecule has 0 nitrogen and oxygen atoms in total. The minimum atomic E-state index is -1.69. The Hall–Kier alpha value is 0.877. The monoisotopic (exact) mass is 384 g/mol. The Morgan fingerprint density at radius 2 is 1.46 bits per heavy atom. The molecule has 0 spiro atoms. The lowest BCUT2D eigenvalue weighted by Crippen LogP contribution is -2.37. The predicted octanol–water partition coefficient (Wildman–Crippen LogP) is 4.63. The summed E-state index contributed by atoms with van der Waals surface area (Å²) in [6, 6.07) is 10.5. The first-order chi connectivity index (χ1) is 5.86. The molecule has 0 aliphatic carbocycles. The largest absolute Gasteiger partial charge is 0.276 e. The second-order valence-corrected chi connectivity index (χ2v) is 26.0. The molecule has 1 rings (SSSR count). The lowest BCUT2D eigenvalue weighted by Gasteiger charge is -2.32. The molecule has 0 bridgehead atoms. The van der Waals surface area contributed by atoms with E-state index in [2.05, 4.69) is 84.0 Å². The van der Waals surface area contributed by atoms with E-state index < -0.39 is 3.93 Å². The van der Waals surface area contributed by atoms with Crippen LogP contribution in [-0.4, -0.2) is 3.93 Å². The zero-order valence-corrected chi connectivity index (χ0v) is 13.3. The Morgan fingerprint density at radius 1 is 1.00 bits per heavy atom. The predicted molar refractivity (Wildman–Crippen MR) is 72.0 cm³/mol. The number of benzene rings is 1. The van der Waals surface area contributed by atoms with Crippen molar-refractivity contribution in [2.24, 2.45) is 0 Å². The summed E-state index contributed by atoms with van der Waals surface area (Å²) in [7, 11) is 0. The summed E-state index contributed by atoms with van der Waals surface area (Å²) in [6.45, 7) is 4.46. The highest BCUT2D eigenvalue weighted by Gasteiger charge is 2.42. The van der Waals surface area contributed by atoms with Gasteiger partial charge in [0.15, 0.2) is 0 Å². The Kier molecular flexibility index (Phi) is 3.83. The second kappa shape index (κ2) is 4.17. The first kappa shape index (κ1) is 11.9. The van der Waals surface area contributed by atoms with Crippen molar-refractivity contribution in [3.8, 4) is 0 Å². The van der Waals surface area contributed by atoms with Crippen LogP contribution in [0.1, 0.15) is 19.4 Å². The van der Waals surface area contributed by atoms with Crippen LogP contribution in [0.5, 0.6) is 0 Å². The first-order valence-corrected chi connectivity index (χ1v) is 12.7. The Balaban J connectivity index is 3.08. The van der Waals surface area contributed by atoms with Crippen LogP contribution < -0.4 is 0 Å². The minimum Gasteiger partial charge on any atom is -0.0955 e. The van der Waals surface area contributed by atoms with E-state index in [0.717, 1.165) is 0 Å². The van der Waals surface area contributed by atoms with Crippen LogP contribution in [0.25, 0.3) is 0 Å². The van der Waals surface area contributed by atoms with Crippen molar-refractivity contribution in [2.45, 2.75) is 18.9 Å². The van der Waals surface area contributed by atoms with Gasteiger partial charge in [0.2, 0.25) is 0 Å². The van der Waals surface area contributed by atoms with Crippen LogP contribution in [0.3, 0.4) is 0 Å². The zero-order valence-electron chi connectivity index (χ0n) is 7.52. The molecule has 0 heterocycles. The molecule has 72 valence electrons. The van der Waals surface area contributed by atoms with Gasteiger partial charge in [-0.1, -0.05) is 90.1 Å². The number of hydrogen-bond donors (Lipinski definition) is 0. The van der Waals surface area contributed by atoms with E-state index in [4.69, 9.17) is 0 Å². The third kappa shape index (κ3) is 2.67. The first-order valence-electron chi connectivity index (χ1n) is 3.98. The Morgan fingerprint density at radius 3 is 1.85 bits per heavy atom. The normalized spacial score (nSPS) is 13.0. The second-order valence-electron chi connectivity index (χ2n) is 3.49. The zero-order chi connectivity index (χ0) is 10.1. The Bertz CT molecular complexity index is 277. The van der Waals surface area contributed by atoms with Crippen molar-refractivity contribution in [2.75, 3.05) is 0 Å². The van der Waals surface area contributed by atoms with Crippen molar-refractivity contribution < 1.29 is 0 Å². The third-order valence-corrected chi connectivity index (χ3v) is 12.8. The minimum absolute atomic E-state index is 0.119. The average molecular weight is 387 g/mol. The molecule has 0 N–H and O–H groups in total. The van der Waals surface area contributed by atoms with E-state index in [1.807, 2.05) is 6.07 Å². The van der Waals surface area contributed by atoms with Crippen LogP contribution in [0.15, 0.2) is 30.3 Å². The molecule has 0 amide bonds. The van der Waals surface area contributed by atoms with Gasteiger partial charge in [-0.2, -0.15) is 0 Å². The van der Waals surface area contributed by atoms with E-state index in [-0.39, 0.29) is 5.04 Å². The fourth-order valence-electron chi connectivity index (χ4n) is 1.02. The van der Waals surface area contributed by atoms with Crippen LogP contribution >= 0.6 is 45.9 Å². The van der Waals surface area contributed by atoms with Gasteiger partial charge in [-0.15, -0.1) is 0 Å². The van der Waals surface area contributed by atoms with Gasteiger partial charge in [0.05, 0.1) is 0 Å². The summed E-state index contributed by atoms with van der Waals surface area (Å²) in [5.41, 5.74) is 1.34. The summed E-state index contributed by atoms with van der Waals surface area (Å²) in [5.74, 6) is 0. The van der Waals surface area contributed by atoms with E-state index in [9.17, 15) is 0 Å². The summed E-state index contributed by atoms with van der Waals surface area (Å²) in [5, 5.41) is 0.119. The number of halogens is 3. The third-order valence-electron chi connectivity index (χ3n) is 2.20. The van der Waals surface area contributed by atoms with Crippen LogP contribution in [0, 0.1) is 0 Å². The lowest BCUT2D eigenvalue weighted by molar-refractivity contribution is 0.756. The summed E-state index contributed by atoms with van der Waals surface area (Å²) < 4.78 is -1.69. The van der Waals surface area contributed by atoms with Gasteiger partial charge < -0.3 is 0 Å². The molecule has 1 aromatic rings. The summed E-state index contributed by atoms with van der Waals surface area (Å²) in [4.78, 5) is 0. The molecule has 1 aromatic carbocycles. The van der Waals surface area contributed by atoms with Gasteiger partial charge >= 0.3 is 0 Å². The van der Waals surface area contributed by atoms with E-state index in [0.29, 0.717) is 0 Å². The van der Waals surface area contributed by atoms with Crippen LogP contribution in [-0.2, 0) is 5.04 Å². The van der Waals surface area contributed by atoms with Gasteiger partial charge in [-0.25, -0.2) is 0 Å². The average Bonchev–Trinajstić information content (AvgIpc) is 2.04. The van der Waals surface area contributed by atoms with Gasteiger partial charge in [0.1, 0.15) is 0 Å². The quantitative estimate of drug-likeness (QED) is 0.513. The van der Waals surface area contributed by atoms with Crippen molar-refractivity contribution in [3.63, 3.8) is 0 Å². The molecule has 0 aromatic heterocycles. The molecule has 0 saturated heterocycles. The van der Waals surface area contributed by atoms with Gasteiger partial charge in [0.25, 0.3) is 3.93 Å². The smallest absolute Gasteiger partial charge is 0.0955 e. The van der Waals surface area contributed by atoms with Gasteiger partial charge in [-0.05, 0) is 5.56 Å². The number of rotatable bonds is 2. The standard InChI is InChI=1S/C9H11Br3Si/c1-9(2,13(10,11)12)8-6-4-3-5-7-8/h3-7H,1-2H3. The van der Waals surface area contributed by atoms with Gasteiger partial charge in [0, 0.05) is 5.04 Å². The fraction of sp³-hybridized carbons (Fsp3) is 0.333. The van der Waals surface area contributed by atoms with E-state index in [1.54, 1.807) is 0 Å². The molecule has 0 saturated carbocycles. The fourth-order valence-corrected chi connectivity index (χ4v) is 3.57. The molecule has 13 heavy (non-hydrogen) atoms. The van der Waals surface area contributed by atoms with Gasteiger partial charge in [-0.3, -0.25) is 0 Å². The highest BCUT2D eigenvalue weighted by atomic mass is 80.0. The molecule has 4 heteroatoms. The summed E-state index contributed by atoms with van der Waals surface area (Å²) >= 11 is 11.1. The lowest BCUT2D eigenvalue weighted by atomic mass is 10.0. The summed E-state index contributed by atoms with van der Waals surface area (Å²) in [6.07, 6.45) is 0. The molecule has 0 aliphatic rings. The molecule has 0 unspecified atom stereocenters. The maximum absolute atomic E-state index is 3.71. The SMILES string of the molecule is CC(C)(c1ccccc1)[Si](Br)(Br)Br. The molecule has 0 fully saturated rings. The van der Waals surface area contributed by atoms with Crippen LogP contribution in [0.2, 0.25) is 0 Å². The Labute approximate surface area is 104 Å². The van der Waals surface area contributed by atoms with E-state index >= 15 is 0 Å². The van der Waals surface area contributed by atoms with Crippen LogP contribution in [0.4, 0.5) is 0 Å². The molecular weight excluding hydrogens is 376 g/mol. The van der Waals surface area contributed by atoms with Crippen molar-refractivity contribution in [1.82, 2.24) is 0 Å². The molecular formula is C9H11Br3Si. The molecule has 0 atom stereocenters. The highest BCUT2D eigenvalue weighted by molar-refractivity contribution is 9.72.